The number of rotatable bonds is 7. The van der Waals surface area contributed by atoms with Crippen LogP contribution in [0.2, 0.25) is 0 Å². The van der Waals surface area contributed by atoms with E-state index in [0.717, 1.165) is 36.9 Å². The van der Waals surface area contributed by atoms with Crippen molar-refractivity contribution in [1.82, 2.24) is 0 Å². The second kappa shape index (κ2) is 5.92. The molecule has 0 amide bonds. The Balaban J connectivity index is 2.09. The van der Waals surface area contributed by atoms with Gasteiger partial charge in [0, 0.05) is 0 Å². The van der Waals surface area contributed by atoms with Crippen molar-refractivity contribution in [2.75, 3.05) is 20.3 Å². The van der Waals surface area contributed by atoms with Crippen LogP contribution in [0.5, 0.6) is 11.5 Å². The third kappa shape index (κ3) is 3.37. The zero-order chi connectivity index (χ0) is 12.1. The van der Waals surface area contributed by atoms with Crippen LogP contribution >= 0.6 is 0 Å². The lowest BCUT2D eigenvalue weighted by Gasteiger charge is -2.14. The van der Waals surface area contributed by atoms with Gasteiger partial charge in [0.25, 0.3) is 0 Å². The highest BCUT2D eigenvalue weighted by Crippen LogP contribution is 2.35. The van der Waals surface area contributed by atoms with Crippen LogP contribution in [0.3, 0.4) is 0 Å². The van der Waals surface area contributed by atoms with E-state index < -0.39 is 0 Å². The van der Waals surface area contributed by atoms with E-state index >= 15 is 0 Å². The Morgan fingerprint density at radius 1 is 1.35 bits per heavy atom. The maximum atomic E-state index is 5.91. The van der Waals surface area contributed by atoms with E-state index in [1.165, 1.54) is 18.4 Å². The fourth-order valence-electron chi connectivity index (χ4n) is 1.86. The predicted octanol–water partition coefficient (Wildman–Crippen LogP) is 2.38. The van der Waals surface area contributed by atoms with Gasteiger partial charge >= 0.3 is 0 Å². The van der Waals surface area contributed by atoms with Crippen LogP contribution in [0.4, 0.5) is 0 Å². The second-order valence-corrected chi connectivity index (χ2v) is 4.60. The van der Waals surface area contributed by atoms with Gasteiger partial charge in [-0.2, -0.15) is 0 Å². The molecule has 0 bridgehead atoms. The van der Waals surface area contributed by atoms with E-state index in [4.69, 9.17) is 15.2 Å². The summed E-state index contributed by atoms with van der Waals surface area (Å²) in [4.78, 5) is 0. The predicted molar refractivity (Wildman–Crippen MR) is 68.6 cm³/mol. The number of hydrogen-bond acceptors (Lipinski definition) is 3. The highest BCUT2D eigenvalue weighted by Gasteiger charge is 2.23. The minimum atomic E-state index is 0.708. The quantitative estimate of drug-likeness (QED) is 0.789. The monoisotopic (exact) mass is 235 g/mol. The van der Waals surface area contributed by atoms with Crippen LogP contribution in [0.25, 0.3) is 0 Å². The van der Waals surface area contributed by atoms with Crippen molar-refractivity contribution in [2.45, 2.75) is 25.7 Å². The van der Waals surface area contributed by atoms with Crippen molar-refractivity contribution in [3.8, 4) is 11.5 Å². The molecule has 1 aliphatic rings. The van der Waals surface area contributed by atoms with Gasteiger partial charge in [-0.15, -0.1) is 0 Å². The number of nitrogens with two attached hydrogens (primary N) is 1. The first-order valence-electron chi connectivity index (χ1n) is 6.34. The molecular weight excluding hydrogens is 214 g/mol. The molecule has 0 atom stereocenters. The Kier molecular flexibility index (Phi) is 4.26. The van der Waals surface area contributed by atoms with E-state index in [-0.39, 0.29) is 0 Å². The van der Waals surface area contributed by atoms with E-state index in [9.17, 15) is 0 Å². The number of ether oxygens (including phenoxy) is 2. The molecule has 1 aliphatic carbocycles. The third-order valence-corrected chi connectivity index (χ3v) is 3.09. The van der Waals surface area contributed by atoms with Crippen LogP contribution in [0, 0.1) is 5.92 Å². The summed E-state index contributed by atoms with van der Waals surface area (Å²) >= 11 is 0. The highest BCUT2D eigenvalue weighted by atomic mass is 16.5. The zero-order valence-electron chi connectivity index (χ0n) is 10.4. The fraction of sp³-hybridized carbons (Fsp3) is 0.571. The van der Waals surface area contributed by atoms with Gasteiger partial charge in [0.05, 0.1) is 13.7 Å². The molecule has 0 spiro atoms. The molecule has 0 unspecified atom stereocenters. The van der Waals surface area contributed by atoms with Crippen molar-refractivity contribution in [3.63, 3.8) is 0 Å². The standard InChI is InChI=1S/C14H21NO2/c1-16-13-6-2-4-12(5-3-9-15)14(13)17-10-11-7-8-11/h2,4,6,11H,3,5,7-10,15H2,1H3. The topological polar surface area (TPSA) is 44.5 Å². The first kappa shape index (κ1) is 12.2. The third-order valence-electron chi connectivity index (χ3n) is 3.09. The summed E-state index contributed by atoms with van der Waals surface area (Å²) in [5.41, 5.74) is 6.76. The van der Waals surface area contributed by atoms with Crippen LogP contribution in [0.1, 0.15) is 24.8 Å². The Bertz CT molecular complexity index is 361. The maximum absolute atomic E-state index is 5.91. The second-order valence-electron chi connectivity index (χ2n) is 4.60. The molecule has 0 aliphatic heterocycles. The Morgan fingerprint density at radius 2 is 2.18 bits per heavy atom. The number of methoxy groups -OCH3 is 1. The maximum Gasteiger partial charge on any atom is 0.164 e. The van der Waals surface area contributed by atoms with Gasteiger partial charge in [0.15, 0.2) is 11.5 Å². The zero-order valence-corrected chi connectivity index (χ0v) is 10.4. The van der Waals surface area contributed by atoms with Gasteiger partial charge in [-0.1, -0.05) is 12.1 Å². The molecule has 0 saturated heterocycles. The molecule has 1 aromatic rings. The van der Waals surface area contributed by atoms with Gasteiger partial charge in [0.1, 0.15) is 0 Å². The summed E-state index contributed by atoms with van der Waals surface area (Å²) < 4.78 is 11.3. The summed E-state index contributed by atoms with van der Waals surface area (Å²) in [5.74, 6) is 2.50. The van der Waals surface area contributed by atoms with Gasteiger partial charge in [-0.05, 0) is 49.8 Å². The molecule has 1 fully saturated rings. The molecule has 3 nitrogen and oxygen atoms in total. The smallest absolute Gasteiger partial charge is 0.164 e. The SMILES string of the molecule is COc1cccc(CCCN)c1OCC1CC1. The lowest BCUT2D eigenvalue weighted by Crippen LogP contribution is -2.06. The Morgan fingerprint density at radius 3 is 2.82 bits per heavy atom. The first-order chi connectivity index (χ1) is 8.35. The number of para-hydroxylation sites is 1. The summed E-state index contributed by atoms with van der Waals surface area (Å²) in [5, 5.41) is 0. The molecule has 1 aromatic carbocycles. The molecule has 0 heterocycles. The van der Waals surface area contributed by atoms with Crippen molar-refractivity contribution >= 4 is 0 Å². The average Bonchev–Trinajstić information content (AvgIpc) is 3.18. The van der Waals surface area contributed by atoms with E-state index in [0.29, 0.717) is 6.54 Å². The summed E-state index contributed by atoms with van der Waals surface area (Å²) in [7, 11) is 1.69. The van der Waals surface area contributed by atoms with Crippen LogP contribution in [-0.2, 0) is 6.42 Å². The summed E-state index contributed by atoms with van der Waals surface area (Å²) in [6, 6.07) is 6.06. The number of aryl methyl sites for hydroxylation is 1. The minimum Gasteiger partial charge on any atom is -0.493 e. The molecule has 94 valence electrons. The number of benzene rings is 1. The Labute approximate surface area is 103 Å². The van der Waals surface area contributed by atoms with Gasteiger partial charge < -0.3 is 15.2 Å². The van der Waals surface area contributed by atoms with E-state index in [2.05, 4.69) is 6.07 Å². The molecule has 17 heavy (non-hydrogen) atoms. The van der Waals surface area contributed by atoms with Crippen molar-refractivity contribution < 1.29 is 9.47 Å². The minimum absolute atomic E-state index is 0.708. The molecule has 1 saturated carbocycles. The molecule has 0 radical (unpaired) electrons. The summed E-state index contributed by atoms with van der Waals surface area (Å²) in [6.07, 6.45) is 4.53. The van der Waals surface area contributed by atoms with Crippen molar-refractivity contribution in [3.05, 3.63) is 23.8 Å². The highest BCUT2D eigenvalue weighted by molar-refractivity contribution is 5.46. The van der Waals surface area contributed by atoms with Crippen LogP contribution < -0.4 is 15.2 Å². The van der Waals surface area contributed by atoms with Crippen LogP contribution in [-0.4, -0.2) is 20.3 Å². The van der Waals surface area contributed by atoms with Gasteiger partial charge in [0.2, 0.25) is 0 Å². The lowest BCUT2D eigenvalue weighted by atomic mass is 10.1. The van der Waals surface area contributed by atoms with Crippen molar-refractivity contribution in [2.24, 2.45) is 11.7 Å². The summed E-state index contributed by atoms with van der Waals surface area (Å²) in [6.45, 7) is 1.52. The molecule has 3 heteroatoms. The molecular formula is C14H21NO2. The first-order valence-corrected chi connectivity index (χ1v) is 6.34. The molecule has 0 aromatic heterocycles. The van der Waals surface area contributed by atoms with Crippen molar-refractivity contribution in [1.29, 1.82) is 0 Å². The lowest BCUT2D eigenvalue weighted by molar-refractivity contribution is 0.277. The fourth-order valence-corrected chi connectivity index (χ4v) is 1.86. The van der Waals surface area contributed by atoms with E-state index in [1.807, 2.05) is 12.1 Å². The largest absolute Gasteiger partial charge is 0.493 e. The molecule has 2 N–H and O–H groups in total. The molecule has 2 rings (SSSR count). The van der Waals surface area contributed by atoms with Gasteiger partial charge in [-0.3, -0.25) is 0 Å². The average molecular weight is 235 g/mol. The number of hydrogen-bond donors (Lipinski definition) is 1. The van der Waals surface area contributed by atoms with E-state index in [1.54, 1.807) is 7.11 Å². The normalized spacial score (nSPS) is 14.7. The van der Waals surface area contributed by atoms with Crippen LogP contribution in [0.15, 0.2) is 18.2 Å². The van der Waals surface area contributed by atoms with Gasteiger partial charge in [-0.25, -0.2) is 0 Å². The Hall–Kier alpha value is -1.22.